The number of esters is 1. The Kier molecular flexibility index (Phi) is 6.70. The number of hydrogen-bond acceptors (Lipinski definition) is 5. The van der Waals surface area contributed by atoms with Gasteiger partial charge in [0, 0.05) is 38.9 Å². The summed E-state index contributed by atoms with van der Waals surface area (Å²) < 4.78 is 18.2. The Balaban J connectivity index is 1.43. The monoisotopic (exact) mass is 419 g/mol. The van der Waals surface area contributed by atoms with Crippen LogP contribution in [-0.4, -0.2) is 54.0 Å². The number of carbonyl (C=O) groups excluding carboxylic acids is 1. The van der Waals surface area contributed by atoms with E-state index in [-0.39, 0.29) is 17.8 Å². The molecule has 0 amide bonds. The first-order valence-electron chi connectivity index (χ1n) is 10.4. The summed E-state index contributed by atoms with van der Waals surface area (Å²) in [5.41, 5.74) is 3.70. The molecule has 1 unspecified atom stereocenters. The fraction of sp³-hybridized carbons (Fsp3) is 0.280. The van der Waals surface area contributed by atoms with E-state index in [0.717, 1.165) is 44.0 Å². The Labute approximate surface area is 182 Å². The van der Waals surface area contributed by atoms with E-state index in [1.165, 1.54) is 24.8 Å². The van der Waals surface area contributed by atoms with Gasteiger partial charge in [0.05, 0.1) is 24.4 Å². The normalized spacial score (nSPS) is 16.1. The molecule has 0 spiro atoms. The van der Waals surface area contributed by atoms with E-state index in [1.807, 2.05) is 36.4 Å². The number of benzene rings is 2. The maximum absolute atomic E-state index is 13.5. The molecule has 1 atom stereocenters. The first kappa shape index (κ1) is 21.2. The molecule has 1 aliphatic heterocycles. The summed E-state index contributed by atoms with van der Waals surface area (Å²) in [5, 5.41) is 0. The van der Waals surface area contributed by atoms with Crippen LogP contribution in [0.25, 0.3) is 0 Å². The number of piperazine rings is 1. The molecule has 0 bridgehead atoms. The van der Waals surface area contributed by atoms with E-state index in [1.54, 1.807) is 12.3 Å². The highest BCUT2D eigenvalue weighted by molar-refractivity contribution is 5.88. The van der Waals surface area contributed by atoms with Crippen LogP contribution in [0.4, 0.5) is 4.39 Å². The summed E-state index contributed by atoms with van der Waals surface area (Å²) >= 11 is 0. The second kappa shape index (κ2) is 9.81. The molecular formula is C25H26FN3O2. The van der Waals surface area contributed by atoms with Crippen LogP contribution in [0.3, 0.4) is 0 Å². The average molecular weight is 420 g/mol. The van der Waals surface area contributed by atoms with Crippen molar-refractivity contribution in [1.82, 2.24) is 14.8 Å². The molecule has 3 aromatic rings. The Morgan fingerprint density at radius 3 is 2.26 bits per heavy atom. The number of halogens is 1. The van der Waals surface area contributed by atoms with Gasteiger partial charge in [0.25, 0.3) is 0 Å². The Hall–Kier alpha value is -3.09. The number of ether oxygens (including phenoxy) is 1. The summed E-state index contributed by atoms with van der Waals surface area (Å²) in [5.74, 6) is -0.591. The fourth-order valence-corrected chi connectivity index (χ4v) is 4.06. The van der Waals surface area contributed by atoms with Crippen LogP contribution in [0.5, 0.6) is 0 Å². The molecule has 1 saturated heterocycles. The molecule has 6 heteroatoms. The van der Waals surface area contributed by atoms with E-state index in [2.05, 4.69) is 26.9 Å². The van der Waals surface area contributed by atoms with Crippen LogP contribution in [0.15, 0.2) is 72.9 Å². The molecule has 1 fully saturated rings. The lowest BCUT2D eigenvalue weighted by Gasteiger charge is -2.39. The van der Waals surface area contributed by atoms with Crippen LogP contribution in [0.2, 0.25) is 0 Å². The molecular weight excluding hydrogens is 393 g/mol. The smallest absolute Gasteiger partial charge is 0.339 e. The molecule has 0 radical (unpaired) electrons. The highest BCUT2D eigenvalue weighted by Gasteiger charge is 2.26. The van der Waals surface area contributed by atoms with Gasteiger partial charge in [-0.1, -0.05) is 42.5 Å². The maximum atomic E-state index is 13.5. The third kappa shape index (κ3) is 5.16. The number of methoxy groups -OCH3 is 1. The SMILES string of the molecule is COC(=O)c1ccc(CN2CCN(C(c3ccccc3)c3ccc(F)cc3)CC2)nc1. The zero-order chi connectivity index (χ0) is 21.6. The standard InChI is InChI=1S/C25H26FN3O2/c1-31-25(30)21-9-12-23(27-17-21)18-28-13-15-29(16-14-28)24(19-5-3-2-4-6-19)20-7-10-22(26)11-8-20/h2-12,17,24H,13-16,18H2,1H3. The van der Waals surface area contributed by atoms with Crippen molar-refractivity contribution >= 4 is 5.97 Å². The Bertz CT molecular complexity index is 986. The summed E-state index contributed by atoms with van der Waals surface area (Å²) in [6.07, 6.45) is 1.57. The predicted molar refractivity (Wildman–Crippen MR) is 117 cm³/mol. The molecule has 4 rings (SSSR count). The van der Waals surface area contributed by atoms with E-state index in [0.29, 0.717) is 5.56 Å². The third-order valence-corrected chi connectivity index (χ3v) is 5.70. The van der Waals surface area contributed by atoms with Gasteiger partial charge in [-0.2, -0.15) is 0 Å². The van der Waals surface area contributed by atoms with Crippen molar-refractivity contribution in [3.8, 4) is 0 Å². The zero-order valence-electron chi connectivity index (χ0n) is 17.6. The number of aromatic nitrogens is 1. The van der Waals surface area contributed by atoms with Gasteiger partial charge >= 0.3 is 5.97 Å². The number of pyridine rings is 1. The highest BCUT2D eigenvalue weighted by atomic mass is 19.1. The van der Waals surface area contributed by atoms with Gasteiger partial charge in [-0.3, -0.25) is 14.8 Å². The molecule has 0 saturated carbocycles. The van der Waals surface area contributed by atoms with Gasteiger partial charge in [-0.25, -0.2) is 9.18 Å². The highest BCUT2D eigenvalue weighted by Crippen LogP contribution is 2.30. The van der Waals surface area contributed by atoms with E-state index < -0.39 is 0 Å². The van der Waals surface area contributed by atoms with Crippen LogP contribution in [0, 0.1) is 5.82 Å². The number of rotatable bonds is 6. The van der Waals surface area contributed by atoms with E-state index >= 15 is 0 Å². The zero-order valence-corrected chi connectivity index (χ0v) is 17.6. The number of nitrogens with zero attached hydrogens (tertiary/aromatic N) is 3. The summed E-state index contributed by atoms with van der Waals surface area (Å²) in [4.78, 5) is 20.8. The van der Waals surface area contributed by atoms with Gasteiger partial charge in [0.1, 0.15) is 5.82 Å². The van der Waals surface area contributed by atoms with Crippen molar-refractivity contribution in [3.63, 3.8) is 0 Å². The molecule has 1 aliphatic rings. The van der Waals surface area contributed by atoms with Crippen molar-refractivity contribution in [2.24, 2.45) is 0 Å². The molecule has 160 valence electrons. The average Bonchev–Trinajstić information content (AvgIpc) is 2.82. The third-order valence-electron chi connectivity index (χ3n) is 5.70. The Morgan fingerprint density at radius 1 is 0.968 bits per heavy atom. The molecule has 5 nitrogen and oxygen atoms in total. The second-order valence-corrected chi connectivity index (χ2v) is 7.71. The lowest BCUT2D eigenvalue weighted by molar-refractivity contribution is 0.0600. The van der Waals surface area contributed by atoms with Crippen LogP contribution in [0.1, 0.15) is 33.2 Å². The van der Waals surface area contributed by atoms with Gasteiger partial charge in [-0.15, -0.1) is 0 Å². The van der Waals surface area contributed by atoms with Crippen molar-refractivity contribution in [2.45, 2.75) is 12.6 Å². The van der Waals surface area contributed by atoms with E-state index in [4.69, 9.17) is 4.74 Å². The number of hydrogen-bond donors (Lipinski definition) is 0. The Morgan fingerprint density at radius 2 is 1.65 bits per heavy atom. The second-order valence-electron chi connectivity index (χ2n) is 7.71. The molecule has 0 aliphatic carbocycles. The summed E-state index contributed by atoms with van der Waals surface area (Å²) in [6.45, 7) is 4.35. The predicted octanol–water partition coefficient (Wildman–Crippen LogP) is 3.91. The first-order chi connectivity index (χ1) is 15.1. The van der Waals surface area contributed by atoms with Gasteiger partial charge in [-0.05, 0) is 35.4 Å². The summed E-state index contributed by atoms with van der Waals surface area (Å²) in [7, 11) is 1.37. The summed E-state index contributed by atoms with van der Waals surface area (Å²) in [6, 6.07) is 20.9. The van der Waals surface area contributed by atoms with Crippen LogP contribution in [-0.2, 0) is 11.3 Å². The minimum Gasteiger partial charge on any atom is -0.465 e. The lowest BCUT2D eigenvalue weighted by atomic mass is 9.96. The van der Waals surface area contributed by atoms with Crippen molar-refractivity contribution in [2.75, 3.05) is 33.3 Å². The van der Waals surface area contributed by atoms with Gasteiger partial charge < -0.3 is 4.74 Å². The largest absolute Gasteiger partial charge is 0.465 e. The van der Waals surface area contributed by atoms with Crippen LogP contribution >= 0.6 is 0 Å². The molecule has 2 aromatic carbocycles. The van der Waals surface area contributed by atoms with Crippen molar-refractivity contribution in [1.29, 1.82) is 0 Å². The van der Waals surface area contributed by atoms with Gasteiger partial charge in [0.2, 0.25) is 0 Å². The molecule has 1 aromatic heterocycles. The molecule has 0 N–H and O–H groups in total. The van der Waals surface area contributed by atoms with E-state index in [9.17, 15) is 9.18 Å². The van der Waals surface area contributed by atoms with Crippen molar-refractivity contribution < 1.29 is 13.9 Å². The molecule has 31 heavy (non-hydrogen) atoms. The molecule has 2 heterocycles. The number of carbonyl (C=O) groups is 1. The lowest BCUT2D eigenvalue weighted by Crippen LogP contribution is -2.47. The van der Waals surface area contributed by atoms with Gasteiger partial charge in [0.15, 0.2) is 0 Å². The fourth-order valence-electron chi connectivity index (χ4n) is 4.06. The minimum absolute atomic E-state index is 0.0985. The minimum atomic E-state index is -0.375. The maximum Gasteiger partial charge on any atom is 0.339 e. The van der Waals surface area contributed by atoms with Crippen LogP contribution < -0.4 is 0 Å². The topological polar surface area (TPSA) is 45.7 Å². The quantitative estimate of drug-likeness (QED) is 0.567. The van der Waals surface area contributed by atoms with Crippen molar-refractivity contribution in [3.05, 3.63) is 101 Å². The first-order valence-corrected chi connectivity index (χ1v) is 10.4.